The monoisotopic (exact) mass is 947 g/mol. The summed E-state index contributed by atoms with van der Waals surface area (Å²) in [6.45, 7) is 17.4. The summed E-state index contributed by atoms with van der Waals surface area (Å²) in [6, 6.07) is 52.4. The molecule has 0 amide bonds. The molecule has 0 aliphatic carbocycles. The molecule has 0 saturated carbocycles. The number of para-hydroxylation sites is 3. The zero-order chi connectivity index (χ0) is 54.7. The third kappa shape index (κ3) is 8.05. The second-order valence-corrected chi connectivity index (χ2v) is 21.3. The molecule has 0 saturated heterocycles. The van der Waals surface area contributed by atoms with E-state index >= 15 is 0 Å². The summed E-state index contributed by atoms with van der Waals surface area (Å²) in [5.74, 6) is 2.23. The van der Waals surface area contributed by atoms with E-state index in [0.717, 1.165) is 56.1 Å². The molecule has 0 spiro atoms. The number of nitrogens with zero attached hydrogens (tertiary/aromatic N) is 4. The van der Waals surface area contributed by atoms with Crippen molar-refractivity contribution in [2.75, 3.05) is 16.5 Å². The Morgan fingerprint density at radius 2 is 1.26 bits per heavy atom. The molecule has 6 heterocycles. The largest absolute Gasteiger partial charge is 0.457 e. The van der Waals surface area contributed by atoms with Crippen molar-refractivity contribution in [1.29, 1.82) is 0 Å². The predicted octanol–water partition coefficient (Wildman–Crippen LogP) is 18.1. The van der Waals surface area contributed by atoms with Gasteiger partial charge in [-0.25, -0.2) is 4.98 Å². The second-order valence-electron chi connectivity index (χ2n) is 21.3. The van der Waals surface area contributed by atoms with Crippen LogP contribution in [-0.4, -0.2) is 16.2 Å². The minimum atomic E-state index is -1.86. The number of pyridine rings is 1. The highest BCUT2D eigenvalue weighted by molar-refractivity contribution is 6.09. The van der Waals surface area contributed by atoms with Crippen molar-refractivity contribution in [2.24, 2.45) is 5.92 Å². The van der Waals surface area contributed by atoms with Crippen molar-refractivity contribution in [3.63, 3.8) is 0 Å². The van der Waals surface area contributed by atoms with Gasteiger partial charge in [-0.2, -0.15) is 0 Å². The molecule has 0 N–H and O–H groups in total. The zero-order valence-corrected chi connectivity index (χ0v) is 42.0. The predicted molar refractivity (Wildman–Crippen MR) is 299 cm³/mol. The van der Waals surface area contributed by atoms with Gasteiger partial charge in [-0.05, 0) is 130 Å². The van der Waals surface area contributed by atoms with Crippen LogP contribution in [0.5, 0.6) is 23.0 Å². The number of hydrogen-bond donors (Lipinski definition) is 0. The lowest BCUT2D eigenvalue weighted by molar-refractivity contribution is 0.456. The van der Waals surface area contributed by atoms with Gasteiger partial charge in [-0.15, -0.1) is 0 Å². The van der Waals surface area contributed by atoms with Crippen molar-refractivity contribution >= 4 is 44.6 Å². The molecule has 0 radical (unpaired) electrons. The topological polar surface area (TPSA) is 42.8 Å². The molecule has 6 heteroatoms. The van der Waals surface area contributed by atoms with Crippen LogP contribution >= 0.6 is 0 Å². The standard InChI is InChI=1S/C66H60N4O2/c1-42(2)33-46-35-63-67-40-56(46)44-25-28-49(29-26-44)71-50-20-16-19-45(34-50)55-37-47(65(3,4)5)36-54(43-17-10-9-11-18-43)64(55)69-41-68(59-23-14-15-24-60(59)69)48-27-32-57(66(6,7)8)62(38-48)72-51-30-31-53-52-21-12-13-22-58(52)70(63)61(53)39-51/h9-32,34-40,42H,33,41H2,1-8H3/i12D,13D,21D,22D,33D2. The minimum Gasteiger partial charge on any atom is -0.457 e. The Kier molecular flexibility index (Phi) is 9.31. The summed E-state index contributed by atoms with van der Waals surface area (Å²) in [5.41, 5.74) is 12.4. The van der Waals surface area contributed by atoms with E-state index in [0.29, 0.717) is 62.9 Å². The maximum absolute atomic E-state index is 9.60. The van der Waals surface area contributed by atoms with Gasteiger partial charge in [-0.1, -0.05) is 146 Å². The molecule has 6 nitrogen and oxygen atoms in total. The first kappa shape index (κ1) is 38.6. The number of fused-ring (bicyclic) bond motifs is 5. The maximum atomic E-state index is 9.60. The van der Waals surface area contributed by atoms with Crippen LogP contribution in [0.1, 0.15) is 80.3 Å². The quantitative estimate of drug-likeness (QED) is 0.177. The second kappa shape index (κ2) is 17.3. The van der Waals surface area contributed by atoms with Gasteiger partial charge in [-0.3, -0.25) is 4.57 Å². The van der Waals surface area contributed by atoms with E-state index in [2.05, 4.69) is 148 Å². The molecule has 0 unspecified atom stereocenters. The molecule has 0 atom stereocenters. The van der Waals surface area contributed by atoms with E-state index in [-0.39, 0.29) is 40.5 Å². The molecule has 8 aromatic carbocycles. The SMILES string of the molecule is [2H]c1c([2H])c([2H])c2c(c1[2H])c1ccc3cc1n2-c1cc(C([2H])([2H])C(C)C)c(cn1)-c1ccc(cc1)Oc1cccc(c1)-c1cc(C(C)(C)C)cc(-c2ccccc2)c1N1CN(c2ccc(C(C)(C)C)c(c2)O3)c2ccccc21. The highest BCUT2D eigenvalue weighted by Gasteiger charge is 2.34. The number of ether oxygens (including phenoxy) is 2. The lowest BCUT2D eigenvalue weighted by atomic mass is 9.82. The van der Waals surface area contributed by atoms with E-state index < -0.39 is 12.3 Å². The zero-order valence-electron chi connectivity index (χ0n) is 48.0. The number of rotatable bonds is 3. The van der Waals surface area contributed by atoms with Gasteiger partial charge in [0.15, 0.2) is 0 Å². The van der Waals surface area contributed by atoms with Gasteiger partial charge >= 0.3 is 0 Å². The number of hydrogen-bond acceptors (Lipinski definition) is 5. The van der Waals surface area contributed by atoms with Crippen LogP contribution in [0.2, 0.25) is 0 Å². The van der Waals surface area contributed by atoms with Crippen molar-refractivity contribution in [2.45, 2.75) is 72.6 Å². The number of benzene rings is 8. The van der Waals surface area contributed by atoms with E-state index in [9.17, 15) is 5.48 Å². The Hall–Kier alpha value is -8.09. The molecule has 12 bridgehead atoms. The average molecular weight is 947 g/mol. The fourth-order valence-electron chi connectivity index (χ4n) is 10.3. The minimum absolute atomic E-state index is 0.178. The smallest absolute Gasteiger partial charge is 0.137 e. The molecule has 4 aliphatic heterocycles. The molecule has 356 valence electrons. The Bertz CT molecular complexity index is 4050. The van der Waals surface area contributed by atoms with E-state index in [1.54, 1.807) is 16.8 Å². The molecule has 0 fully saturated rings. The number of aromatic nitrogens is 2. The third-order valence-electron chi connectivity index (χ3n) is 13.9. The molecular formula is C66H60N4O2. The van der Waals surface area contributed by atoms with Gasteiger partial charge in [0.25, 0.3) is 0 Å². The van der Waals surface area contributed by atoms with E-state index in [4.69, 9.17) is 17.2 Å². The van der Waals surface area contributed by atoms with Gasteiger partial charge < -0.3 is 19.3 Å². The summed E-state index contributed by atoms with van der Waals surface area (Å²) < 4.78 is 71.0. The van der Waals surface area contributed by atoms with Crippen molar-refractivity contribution < 1.29 is 17.7 Å². The lowest BCUT2D eigenvalue weighted by Gasteiger charge is -2.30. The first-order chi connectivity index (χ1) is 37.2. The van der Waals surface area contributed by atoms with Crippen LogP contribution in [0.25, 0.3) is 61.0 Å². The summed E-state index contributed by atoms with van der Waals surface area (Å²) in [7, 11) is 0. The van der Waals surface area contributed by atoms with Gasteiger partial charge in [0.1, 0.15) is 35.5 Å². The van der Waals surface area contributed by atoms with Crippen LogP contribution in [0, 0.1) is 5.92 Å². The van der Waals surface area contributed by atoms with E-state index in [1.165, 1.54) is 5.56 Å². The molecule has 4 aliphatic rings. The Morgan fingerprint density at radius 1 is 0.583 bits per heavy atom. The third-order valence-corrected chi connectivity index (χ3v) is 13.9. The van der Waals surface area contributed by atoms with Crippen molar-refractivity contribution in [1.82, 2.24) is 9.55 Å². The van der Waals surface area contributed by atoms with Crippen LogP contribution in [0.4, 0.5) is 22.7 Å². The number of anilines is 4. The Labute approximate surface area is 432 Å². The van der Waals surface area contributed by atoms with Crippen LogP contribution in [0.15, 0.2) is 188 Å². The first-order valence-corrected chi connectivity index (χ1v) is 24.8. The van der Waals surface area contributed by atoms with Crippen LogP contribution < -0.4 is 19.3 Å². The Morgan fingerprint density at radius 3 is 2.01 bits per heavy atom. The lowest BCUT2D eigenvalue weighted by Crippen LogP contribution is -2.25. The van der Waals surface area contributed by atoms with Crippen molar-refractivity contribution in [3.8, 4) is 62.2 Å². The fraction of sp³-hybridized carbons (Fsp3) is 0.197. The Balaban J connectivity index is 1.14. The highest BCUT2D eigenvalue weighted by atomic mass is 16.5. The average Bonchev–Trinajstić information content (AvgIpc) is 4.19. The van der Waals surface area contributed by atoms with Gasteiger partial charge in [0.05, 0.1) is 33.6 Å². The van der Waals surface area contributed by atoms with Crippen molar-refractivity contribution in [3.05, 3.63) is 205 Å². The normalized spacial score (nSPS) is 14.7. The maximum Gasteiger partial charge on any atom is 0.137 e. The van der Waals surface area contributed by atoms with Gasteiger partial charge in [0.2, 0.25) is 0 Å². The summed E-state index contributed by atoms with van der Waals surface area (Å²) in [5, 5.41) is 0.905. The summed E-state index contributed by atoms with van der Waals surface area (Å²) in [6.07, 6.45) is -0.191. The highest BCUT2D eigenvalue weighted by Crippen LogP contribution is 2.52. The molecular weight excluding hydrogens is 881 g/mol. The molecule has 10 aromatic rings. The van der Waals surface area contributed by atoms with Gasteiger partial charge in [0, 0.05) is 59.8 Å². The van der Waals surface area contributed by atoms with Crippen LogP contribution in [-0.2, 0) is 17.2 Å². The molecule has 2 aromatic heterocycles. The fourth-order valence-corrected chi connectivity index (χ4v) is 10.3. The molecule has 72 heavy (non-hydrogen) atoms. The summed E-state index contributed by atoms with van der Waals surface area (Å²) in [4.78, 5) is 9.79. The van der Waals surface area contributed by atoms with Crippen LogP contribution in [0.3, 0.4) is 0 Å². The molecule has 14 rings (SSSR count). The first-order valence-electron chi connectivity index (χ1n) is 27.8. The van der Waals surface area contributed by atoms with E-state index in [1.807, 2.05) is 68.4 Å². The summed E-state index contributed by atoms with van der Waals surface area (Å²) >= 11 is 0.